The molecule has 1 aliphatic heterocycles. The Labute approximate surface area is 284 Å². The molecule has 5 heterocycles. The lowest BCUT2D eigenvalue weighted by molar-refractivity contribution is 0.188. The average Bonchev–Trinajstić information content (AvgIpc) is 3.09. The van der Waals surface area contributed by atoms with Crippen molar-refractivity contribution >= 4 is 0 Å². The zero-order chi connectivity index (χ0) is 33.6. The van der Waals surface area contributed by atoms with E-state index in [2.05, 4.69) is 29.7 Å². The Balaban J connectivity index is 1.23. The van der Waals surface area contributed by atoms with Gasteiger partial charge in [0.2, 0.25) is 0 Å². The molecule has 2 aromatic carbocycles. The largest absolute Gasteiger partial charge is 0.508 e. The number of rotatable bonds is 12. The van der Waals surface area contributed by atoms with Gasteiger partial charge in [-0.05, 0) is 71.8 Å². The highest BCUT2D eigenvalue weighted by molar-refractivity contribution is 5.60. The fourth-order valence-electron chi connectivity index (χ4n) is 6.35. The molecule has 0 saturated heterocycles. The van der Waals surface area contributed by atoms with Gasteiger partial charge in [0.25, 0.3) is 0 Å². The SMILES string of the molecule is Oc1cc(CN(Cc2ccccn2)Cc2ccccn2)c2c(c1)Oc1cc(O)cc(CN(Cc3ccccn3)Cc3ccccn3)c1C2O. The molecule has 3 N–H and O–H groups in total. The summed E-state index contributed by atoms with van der Waals surface area (Å²) in [6.45, 7) is 2.82. The van der Waals surface area contributed by atoms with Gasteiger partial charge in [-0.3, -0.25) is 29.7 Å². The molecular formula is C39H36N6O4. The smallest absolute Gasteiger partial charge is 0.137 e. The maximum Gasteiger partial charge on any atom is 0.137 e. The summed E-state index contributed by atoms with van der Waals surface area (Å²) in [5.41, 5.74) is 6.06. The molecule has 0 bridgehead atoms. The van der Waals surface area contributed by atoms with Crippen LogP contribution in [0.2, 0.25) is 0 Å². The molecule has 10 nitrogen and oxygen atoms in total. The second-order valence-corrected chi connectivity index (χ2v) is 12.1. The lowest BCUT2D eigenvalue weighted by Crippen LogP contribution is -2.26. The molecule has 4 aromatic heterocycles. The minimum absolute atomic E-state index is 0.0114. The fraction of sp³-hybridized carbons (Fsp3) is 0.179. The number of pyridine rings is 4. The van der Waals surface area contributed by atoms with E-state index in [1.165, 1.54) is 12.1 Å². The number of nitrogens with zero attached hydrogens (tertiary/aromatic N) is 6. The van der Waals surface area contributed by atoms with E-state index >= 15 is 0 Å². The minimum Gasteiger partial charge on any atom is -0.508 e. The standard InChI is InChI=1S/C39H36N6O4/c46-33-17-27(21-44(23-29-9-1-5-13-40-29)24-30-10-2-6-14-41-30)37-35(19-33)49-36-20-34(47)18-28(38(36)39(37)48)22-45(25-31-11-3-7-15-42-31)26-32-12-4-8-16-43-32/h1-20,39,46-48H,21-26H2. The van der Waals surface area contributed by atoms with Crippen molar-refractivity contribution in [1.82, 2.24) is 29.7 Å². The lowest BCUT2D eigenvalue weighted by atomic mass is 9.89. The fourth-order valence-corrected chi connectivity index (χ4v) is 6.35. The third-order valence-electron chi connectivity index (χ3n) is 8.43. The Bertz CT molecular complexity index is 1770. The number of aromatic nitrogens is 4. The van der Waals surface area contributed by atoms with Gasteiger partial charge in [-0.15, -0.1) is 0 Å². The Morgan fingerprint density at radius 2 is 0.837 bits per heavy atom. The third kappa shape index (κ3) is 7.73. The molecule has 6 aromatic rings. The van der Waals surface area contributed by atoms with Crippen LogP contribution in [0.1, 0.15) is 51.1 Å². The number of ether oxygens (including phenoxy) is 1. The van der Waals surface area contributed by atoms with Crippen LogP contribution in [0.3, 0.4) is 0 Å². The van der Waals surface area contributed by atoms with Crippen LogP contribution in [0.4, 0.5) is 0 Å². The zero-order valence-corrected chi connectivity index (χ0v) is 26.8. The number of hydrogen-bond acceptors (Lipinski definition) is 10. The van der Waals surface area contributed by atoms with Gasteiger partial charge >= 0.3 is 0 Å². The summed E-state index contributed by atoms with van der Waals surface area (Å²) in [5, 5.41) is 33.9. The van der Waals surface area contributed by atoms with Gasteiger partial charge in [0.15, 0.2) is 0 Å². The van der Waals surface area contributed by atoms with Crippen LogP contribution in [0.25, 0.3) is 0 Å². The molecule has 0 aliphatic carbocycles. The predicted octanol–water partition coefficient (Wildman–Crippen LogP) is 6.27. The highest BCUT2D eigenvalue weighted by Crippen LogP contribution is 2.49. The first-order valence-corrected chi connectivity index (χ1v) is 16.1. The van der Waals surface area contributed by atoms with Crippen molar-refractivity contribution in [3.63, 3.8) is 0 Å². The van der Waals surface area contributed by atoms with E-state index in [0.717, 1.165) is 22.8 Å². The van der Waals surface area contributed by atoms with E-state index < -0.39 is 6.10 Å². The van der Waals surface area contributed by atoms with Gasteiger partial charge in [0.05, 0.1) is 22.8 Å². The van der Waals surface area contributed by atoms with Crippen LogP contribution in [0.15, 0.2) is 122 Å². The number of hydrogen-bond donors (Lipinski definition) is 3. The quantitative estimate of drug-likeness (QED) is 0.139. The maximum atomic E-state index is 12.2. The highest BCUT2D eigenvalue weighted by atomic mass is 16.5. The minimum atomic E-state index is -1.09. The predicted molar refractivity (Wildman–Crippen MR) is 183 cm³/mol. The molecule has 0 unspecified atom stereocenters. The van der Waals surface area contributed by atoms with Gasteiger partial charge in [0, 0.05) is 87.3 Å². The van der Waals surface area contributed by atoms with Crippen molar-refractivity contribution in [2.24, 2.45) is 0 Å². The Morgan fingerprint density at radius 3 is 1.14 bits per heavy atom. The van der Waals surface area contributed by atoms with Crippen molar-refractivity contribution in [2.75, 3.05) is 0 Å². The van der Waals surface area contributed by atoms with E-state index in [9.17, 15) is 15.3 Å². The summed E-state index contributed by atoms with van der Waals surface area (Å²) >= 11 is 0. The molecule has 246 valence electrons. The first-order chi connectivity index (χ1) is 24.0. The normalized spacial score (nSPS) is 12.5. The third-order valence-corrected chi connectivity index (χ3v) is 8.43. The van der Waals surface area contributed by atoms with Gasteiger partial charge < -0.3 is 20.1 Å². The van der Waals surface area contributed by atoms with Crippen molar-refractivity contribution in [2.45, 2.75) is 45.4 Å². The number of aliphatic hydroxyl groups excluding tert-OH is 1. The van der Waals surface area contributed by atoms with Crippen molar-refractivity contribution in [1.29, 1.82) is 0 Å². The maximum absolute atomic E-state index is 12.2. The van der Waals surface area contributed by atoms with Crippen LogP contribution in [-0.4, -0.2) is 45.1 Å². The molecule has 0 atom stereocenters. The molecule has 49 heavy (non-hydrogen) atoms. The average molecular weight is 653 g/mol. The Hall–Kier alpha value is -5.68. The molecule has 0 radical (unpaired) electrons. The molecule has 0 amide bonds. The second-order valence-electron chi connectivity index (χ2n) is 12.1. The molecule has 0 saturated carbocycles. The van der Waals surface area contributed by atoms with Crippen LogP contribution < -0.4 is 4.74 Å². The van der Waals surface area contributed by atoms with Gasteiger partial charge in [-0.1, -0.05) is 24.3 Å². The van der Waals surface area contributed by atoms with Crippen LogP contribution in [0.5, 0.6) is 23.0 Å². The summed E-state index contributed by atoms with van der Waals surface area (Å²) in [5.74, 6) is 0.691. The van der Waals surface area contributed by atoms with Crippen LogP contribution in [0, 0.1) is 0 Å². The Morgan fingerprint density at radius 1 is 0.490 bits per heavy atom. The van der Waals surface area contributed by atoms with Crippen molar-refractivity contribution in [3.8, 4) is 23.0 Å². The molecule has 7 rings (SSSR count). The van der Waals surface area contributed by atoms with Gasteiger partial charge in [-0.25, -0.2) is 0 Å². The number of fused-ring (bicyclic) bond motifs is 2. The van der Waals surface area contributed by atoms with E-state index in [4.69, 9.17) is 4.74 Å². The lowest BCUT2D eigenvalue weighted by Gasteiger charge is -2.32. The summed E-state index contributed by atoms with van der Waals surface area (Å²) in [6.07, 6.45) is 5.96. The molecule has 0 fully saturated rings. The number of aromatic hydroxyl groups is 2. The van der Waals surface area contributed by atoms with Gasteiger partial charge in [-0.2, -0.15) is 0 Å². The number of phenolic OH excluding ortho intramolecular Hbond substituents is 2. The molecular weight excluding hydrogens is 616 g/mol. The topological polar surface area (TPSA) is 128 Å². The monoisotopic (exact) mass is 652 g/mol. The summed E-state index contributed by atoms with van der Waals surface area (Å²) in [6, 6.07) is 29.6. The highest BCUT2D eigenvalue weighted by Gasteiger charge is 2.33. The van der Waals surface area contributed by atoms with E-state index in [1.807, 2.05) is 72.8 Å². The molecule has 1 aliphatic rings. The number of phenols is 2. The van der Waals surface area contributed by atoms with Crippen LogP contribution in [-0.2, 0) is 39.3 Å². The van der Waals surface area contributed by atoms with E-state index in [-0.39, 0.29) is 11.5 Å². The van der Waals surface area contributed by atoms with E-state index in [1.54, 1.807) is 36.9 Å². The summed E-state index contributed by atoms with van der Waals surface area (Å²) in [4.78, 5) is 22.5. The molecule has 10 heteroatoms. The second kappa shape index (κ2) is 14.6. The summed E-state index contributed by atoms with van der Waals surface area (Å²) in [7, 11) is 0. The van der Waals surface area contributed by atoms with Crippen molar-refractivity contribution < 1.29 is 20.1 Å². The Kier molecular flexibility index (Phi) is 9.51. The van der Waals surface area contributed by atoms with E-state index in [0.29, 0.717) is 73.0 Å². The number of aliphatic hydroxyl groups is 1. The van der Waals surface area contributed by atoms with Gasteiger partial charge in [0.1, 0.15) is 29.1 Å². The molecule has 0 spiro atoms. The number of benzene rings is 2. The first kappa shape index (κ1) is 31.9. The van der Waals surface area contributed by atoms with Crippen LogP contribution >= 0.6 is 0 Å². The first-order valence-electron chi connectivity index (χ1n) is 16.1. The summed E-state index contributed by atoms with van der Waals surface area (Å²) < 4.78 is 6.36. The van der Waals surface area contributed by atoms with Crippen molar-refractivity contribution in [3.05, 3.63) is 167 Å². The zero-order valence-electron chi connectivity index (χ0n) is 26.8.